The second-order valence-corrected chi connectivity index (χ2v) is 6.81. The van der Waals surface area contributed by atoms with Crippen molar-refractivity contribution in [2.75, 3.05) is 20.3 Å². The molecule has 0 saturated carbocycles. The minimum atomic E-state index is -0.0117. The summed E-state index contributed by atoms with van der Waals surface area (Å²) in [5.74, 6) is -0.00159. The van der Waals surface area contributed by atoms with Gasteiger partial charge in [-0.25, -0.2) is 0 Å². The highest BCUT2D eigenvalue weighted by Gasteiger charge is 2.27. The number of methoxy groups -OCH3 is 1. The number of hydrogen-bond donors (Lipinski definition) is 4. The maximum atomic E-state index is 10.3. The highest BCUT2D eigenvalue weighted by atomic mass is 32.1. The lowest BCUT2D eigenvalue weighted by Crippen LogP contribution is -2.10. The van der Waals surface area contributed by atoms with E-state index in [1.165, 1.54) is 11.6 Å². The molecule has 7 heteroatoms. The number of phenolic OH excluding ortho intramolecular Hbond substituents is 2. The van der Waals surface area contributed by atoms with Crippen LogP contribution in [-0.2, 0) is 11.2 Å². The monoisotopic (exact) mass is 382 g/mol. The Morgan fingerprint density at radius 1 is 1.15 bits per heavy atom. The van der Waals surface area contributed by atoms with E-state index in [-0.39, 0.29) is 11.5 Å². The first kappa shape index (κ1) is 17.5. The molecule has 138 valence electrons. The molecule has 0 fully saturated rings. The first-order valence-corrected chi connectivity index (χ1v) is 9.05. The SMILES string of the molecule is COCC[N+]1=CCc2c(-c3c(-c4ccc(O)cc4O)[nH][nH]c3=S)cccc21. The highest BCUT2D eigenvalue weighted by Crippen LogP contribution is 2.41. The number of hydrogen-bond acceptors (Lipinski definition) is 4. The molecule has 27 heavy (non-hydrogen) atoms. The standard InChI is InChI=1S/C20H19N3O3S/c1-26-10-9-23-8-7-13-14(3-2-4-16(13)23)18-19(21-22-20(18)27)15-6-5-12(24)11-17(15)25/h2-6,8,11H,7,9-10H2,1H3,(H3-,21,22,24,25,27)/p+1. The summed E-state index contributed by atoms with van der Waals surface area (Å²) in [6, 6.07) is 10.7. The molecule has 1 aromatic heterocycles. The highest BCUT2D eigenvalue weighted by molar-refractivity contribution is 7.71. The van der Waals surface area contributed by atoms with Gasteiger partial charge in [0, 0.05) is 35.9 Å². The quantitative estimate of drug-likeness (QED) is 0.400. The van der Waals surface area contributed by atoms with Crippen LogP contribution in [0.1, 0.15) is 5.56 Å². The molecule has 1 aliphatic rings. The molecule has 0 spiro atoms. The Balaban J connectivity index is 1.84. The average Bonchev–Trinajstić information content (AvgIpc) is 3.23. The van der Waals surface area contributed by atoms with E-state index in [9.17, 15) is 10.2 Å². The summed E-state index contributed by atoms with van der Waals surface area (Å²) in [5, 5.41) is 25.9. The molecule has 4 rings (SSSR count). The van der Waals surface area contributed by atoms with Crippen LogP contribution in [0.5, 0.6) is 11.5 Å². The Bertz CT molecular complexity index is 1100. The zero-order valence-corrected chi connectivity index (χ0v) is 15.6. The molecule has 6 nitrogen and oxygen atoms in total. The maximum absolute atomic E-state index is 10.3. The number of fused-ring (bicyclic) bond motifs is 1. The van der Waals surface area contributed by atoms with Crippen LogP contribution in [0, 0.1) is 4.64 Å². The zero-order valence-electron chi connectivity index (χ0n) is 14.8. The van der Waals surface area contributed by atoms with E-state index in [0.29, 0.717) is 22.5 Å². The van der Waals surface area contributed by atoms with Gasteiger partial charge in [-0.15, -0.1) is 0 Å². The summed E-state index contributed by atoms with van der Waals surface area (Å²) >= 11 is 5.53. The second kappa shape index (κ2) is 7.02. The fourth-order valence-electron chi connectivity index (χ4n) is 3.54. The number of aromatic nitrogens is 2. The van der Waals surface area contributed by atoms with Gasteiger partial charge in [-0.05, 0) is 17.7 Å². The maximum Gasteiger partial charge on any atom is 0.209 e. The first-order chi connectivity index (χ1) is 13.1. The molecule has 2 heterocycles. The van der Waals surface area contributed by atoms with E-state index < -0.39 is 0 Å². The number of nitrogens with zero attached hydrogens (tertiary/aromatic N) is 1. The van der Waals surface area contributed by atoms with Crippen molar-refractivity contribution in [2.45, 2.75) is 6.42 Å². The molecule has 1 aliphatic heterocycles. The van der Waals surface area contributed by atoms with Gasteiger partial charge in [0.05, 0.1) is 12.1 Å². The van der Waals surface area contributed by atoms with Crippen LogP contribution in [0.3, 0.4) is 0 Å². The number of aromatic hydroxyl groups is 2. The third kappa shape index (κ3) is 3.05. The Hall–Kier alpha value is -2.90. The third-order valence-electron chi connectivity index (χ3n) is 4.81. The van der Waals surface area contributed by atoms with Gasteiger partial charge in [-0.2, -0.15) is 4.58 Å². The lowest BCUT2D eigenvalue weighted by Gasteiger charge is -2.09. The Morgan fingerprint density at radius 3 is 2.78 bits per heavy atom. The molecular formula is C20H20N3O3S+. The molecule has 2 aromatic carbocycles. The van der Waals surface area contributed by atoms with E-state index in [0.717, 1.165) is 29.8 Å². The molecule has 0 saturated heterocycles. The van der Waals surface area contributed by atoms with E-state index in [4.69, 9.17) is 17.0 Å². The molecule has 3 aromatic rings. The Labute approximate surface area is 161 Å². The molecule has 0 aliphatic carbocycles. The van der Waals surface area contributed by atoms with Crippen molar-refractivity contribution >= 4 is 24.1 Å². The van der Waals surface area contributed by atoms with Gasteiger partial charge in [-0.1, -0.05) is 24.4 Å². The number of H-pyrrole nitrogens is 2. The average molecular weight is 382 g/mol. The minimum absolute atomic E-state index is 0.0101. The molecule has 4 N–H and O–H groups in total. The largest absolute Gasteiger partial charge is 0.508 e. The van der Waals surface area contributed by atoms with Crippen molar-refractivity contribution in [1.82, 2.24) is 10.2 Å². The predicted molar refractivity (Wildman–Crippen MR) is 107 cm³/mol. The van der Waals surface area contributed by atoms with Crippen LogP contribution in [-0.4, -0.2) is 51.5 Å². The van der Waals surface area contributed by atoms with Crippen molar-refractivity contribution in [2.24, 2.45) is 0 Å². The van der Waals surface area contributed by atoms with Crippen LogP contribution >= 0.6 is 12.2 Å². The minimum Gasteiger partial charge on any atom is -0.508 e. The number of phenols is 2. The van der Waals surface area contributed by atoms with E-state index in [2.05, 4.69) is 27.1 Å². The predicted octanol–water partition coefficient (Wildman–Crippen LogP) is 3.73. The lowest BCUT2D eigenvalue weighted by atomic mass is 9.95. The van der Waals surface area contributed by atoms with Gasteiger partial charge in [0.15, 0.2) is 12.8 Å². The van der Waals surface area contributed by atoms with E-state index in [1.54, 1.807) is 19.2 Å². The molecule has 0 radical (unpaired) electrons. The fourth-order valence-corrected chi connectivity index (χ4v) is 3.80. The smallest absolute Gasteiger partial charge is 0.209 e. The molecule has 0 bridgehead atoms. The lowest BCUT2D eigenvalue weighted by molar-refractivity contribution is -0.436. The number of nitrogens with one attached hydrogen (secondary N) is 2. The number of ether oxygens (including phenoxy) is 1. The van der Waals surface area contributed by atoms with E-state index >= 15 is 0 Å². The van der Waals surface area contributed by atoms with Crippen LogP contribution in [0.25, 0.3) is 22.4 Å². The summed E-state index contributed by atoms with van der Waals surface area (Å²) < 4.78 is 7.97. The number of rotatable bonds is 5. The molecular weight excluding hydrogens is 362 g/mol. The first-order valence-electron chi connectivity index (χ1n) is 8.64. The summed E-state index contributed by atoms with van der Waals surface area (Å²) in [6.45, 7) is 1.44. The fraction of sp³-hybridized carbons (Fsp3) is 0.200. The molecule has 0 unspecified atom stereocenters. The summed E-state index contributed by atoms with van der Waals surface area (Å²) in [7, 11) is 1.70. The van der Waals surface area contributed by atoms with Gasteiger partial charge in [-0.3, -0.25) is 10.2 Å². The number of benzene rings is 2. The normalized spacial score (nSPS) is 12.9. The van der Waals surface area contributed by atoms with Crippen molar-refractivity contribution in [3.8, 4) is 33.9 Å². The Kier molecular flexibility index (Phi) is 4.55. The van der Waals surface area contributed by atoms with E-state index in [1.807, 2.05) is 12.1 Å². The summed E-state index contributed by atoms with van der Waals surface area (Å²) in [5.41, 5.74) is 5.46. The van der Waals surface area contributed by atoms with Crippen LogP contribution in [0.2, 0.25) is 0 Å². The summed E-state index contributed by atoms with van der Waals surface area (Å²) in [6.07, 6.45) is 2.96. The van der Waals surface area contributed by atoms with Crippen molar-refractivity contribution < 1.29 is 19.5 Å². The second-order valence-electron chi connectivity index (χ2n) is 6.41. The number of aromatic amines is 2. The van der Waals surface area contributed by atoms with Crippen molar-refractivity contribution in [1.29, 1.82) is 0 Å². The van der Waals surface area contributed by atoms with Gasteiger partial charge >= 0.3 is 0 Å². The summed E-state index contributed by atoms with van der Waals surface area (Å²) in [4.78, 5) is 0. The topological polar surface area (TPSA) is 84.3 Å². The van der Waals surface area contributed by atoms with Crippen molar-refractivity contribution in [3.63, 3.8) is 0 Å². The van der Waals surface area contributed by atoms with Gasteiger partial charge < -0.3 is 14.9 Å². The van der Waals surface area contributed by atoms with Gasteiger partial charge in [0.25, 0.3) is 0 Å². The van der Waals surface area contributed by atoms with Crippen LogP contribution < -0.4 is 0 Å². The Morgan fingerprint density at radius 2 is 2.00 bits per heavy atom. The third-order valence-corrected chi connectivity index (χ3v) is 5.12. The molecule has 0 atom stereocenters. The van der Waals surface area contributed by atoms with Crippen LogP contribution in [0.4, 0.5) is 5.69 Å². The van der Waals surface area contributed by atoms with Gasteiger partial charge in [0.2, 0.25) is 5.69 Å². The van der Waals surface area contributed by atoms with Crippen molar-refractivity contribution in [3.05, 3.63) is 46.6 Å². The molecule has 0 amide bonds. The zero-order chi connectivity index (χ0) is 19.0. The van der Waals surface area contributed by atoms with Gasteiger partial charge in [0.1, 0.15) is 22.7 Å². The van der Waals surface area contributed by atoms with Crippen LogP contribution in [0.15, 0.2) is 36.4 Å².